The Labute approximate surface area is 185 Å². The fourth-order valence-electron chi connectivity index (χ4n) is 3.22. The number of thiazole rings is 1. The maximum atomic E-state index is 12.3. The molecule has 5 nitrogen and oxygen atoms in total. The molecule has 0 radical (unpaired) electrons. The van der Waals surface area contributed by atoms with E-state index in [2.05, 4.69) is 20.9 Å². The molecular weight excluding hydrogens is 454 g/mol. The van der Waals surface area contributed by atoms with Crippen molar-refractivity contribution in [2.75, 3.05) is 0 Å². The van der Waals surface area contributed by atoms with Crippen LogP contribution in [0.4, 0.5) is 0 Å². The normalized spacial score (nSPS) is 23.9. The second-order valence-corrected chi connectivity index (χ2v) is 9.71. The minimum Gasteiger partial charge on any atom is -0.462 e. The molecule has 0 amide bonds. The van der Waals surface area contributed by atoms with Crippen molar-refractivity contribution < 1.29 is 19.1 Å². The van der Waals surface area contributed by atoms with Crippen molar-refractivity contribution in [2.24, 2.45) is 0 Å². The standard InChI is InChI=1S/C22H30BrNO4S/c1-15-7-6-10-22(26)28-19(12-16(2)23)13-20-24-18(14-29-20)8-4-5-9-21(25)27-17(3)11-15/h7,12,14,17,19H,4-6,8-11,13H2,1-3H3/t17-,19+/m0/s1. The van der Waals surface area contributed by atoms with Gasteiger partial charge in [0.25, 0.3) is 0 Å². The Balaban J connectivity index is 2.10. The highest BCUT2D eigenvalue weighted by Crippen LogP contribution is 2.19. The summed E-state index contributed by atoms with van der Waals surface area (Å²) in [6.07, 6.45) is 8.56. The van der Waals surface area contributed by atoms with Crippen LogP contribution in [-0.4, -0.2) is 29.1 Å². The predicted molar refractivity (Wildman–Crippen MR) is 119 cm³/mol. The largest absolute Gasteiger partial charge is 0.462 e. The number of hydrogen-bond donors (Lipinski definition) is 0. The van der Waals surface area contributed by atoms with Gasteiger partial charge in [-0.1, -0.05) is 27.6 Å². The van der Waals surface area contributed by atoms with E-state index in [1.807, 2.05) is 38.3 Å². The number of aryl methyl sites for hydroxylation is 1. The molecule has 1 aromatic rings. The first-order valence-corrected chi connectivity index (χ1v) is 11.8. The van der Waals surface area contributed by atoms with E-state index in [9.17, 15) is 9.59 Å². The van der Waals surface area contributed by atoms with E-state index in [0.29, 0.717) is 32.1 Å². The summed E-state index contributed by atoms with van der Waals surface area (Å²) in [7, 11) is 0. The number of aromatic nitrogens is 1. The molecule has 0 spiro atoms. The van der Waals surface area contributed by atoms with Crippen LogP contribution in [0.15, 0.2) is 27.6 Å². The van der Waals surface area contributed by atoms with Gasteiger partial charge in [-0.3, -0.25) is 9.59 Å². The first-order chi connectivity index (χ1) is 13.8. The van der Waals surface area contributed by atoms with E-state index >= 15 is 0 Å². The van der Waals surface area contributed by atoms with Gasteiger partial charge in [0, 0.05) is 31.1 Å². The van der Waals surface area contributed by atoms with Gasteiger partial charge >= 0.3 is 11.9 Å². The Morgan fingerprint density at radius 3 is 2.66 bits per heavy atom. The van der Waals surface area contributed by atoms with Crippen LogP contribution in [0.5, 0.6) is 0 Å². The van der Waals surface area contributed by atoms with E-state index in [0.717, 1.165) is 40.0 Å². The molecule has 0 aromatic carbocycles. The number of nitrogens with zero attached hydrogens (tertiary/aromatic N) is 1. The highest BCUT2D eigenvalue weighted by atomic mass is 79.9. The first-order valence-electron chi connectivity index (χ1n) is 10.1. The maximum absolute atomic E-state index is 12.3. The molecule has 1 aromatic heterocycles. The van der Waals surface area contributed by atoms with Crippen LogP contribution >= 0.6 is 27.3 Å². The molecule has 0 N–H and O–H groups in total. The lowest BCUT2D eigenvalue weighted by atomic mass is 10.1. The van der Waals surface area contributed by atoms with Gasteiger partial charge in [-0.2, -0.15) is 0 Å². The lowest BCUT2D eigenvalue weighted by Crippen LogP contribution is -2.18. The minimum atomic E-state index is -0.334. The number of ether oxygens (including phenoxy) is 2. The fourth-order valence-corrected chi connectivity index (χ4v) is 4.39. The van der Waals surface area contributed by atoms with Gasteiger partial charge in [-0.05, 0) is 57.0 Å². The molecule has 2 atom stereocenters. The van der Waals surface area contributed by atoms with Crippen LogP contribution in [0.2, 0.25) is 0 Å². The number of rotatable bonds is 1. The zero-order chi connectivity index (χ0) is 21.2. The minimum absolute atomic E-state index is 0.148. The zero-order valence-corrected chi connectivity index (χ0v) is 19.8. The van der Waals surface area contributed by atoms with Crippen molar-refractivity contribution in [3.05, 3.63) is 38.3 Å². The Morgan fingerprint density at radius 1 is 1.17 bits per heavy atom. The molecule has 0 unspecified atom stereocenters. The number of halogens is 1. The van der Waals surface area contributed by atoms with E-state index in [1.165, 1.54) is 0 Å². The smallest absolute Gasteiger partial charge is 0.306 e. The third-order valence-electron chi connectivity index (χ3n) is 4.52. The van der Waals surface area contributed by atoms with E-state index < -0.39 is 0 Å². The van der Waals surface area contributed by atoms with Crippen molar-refractivity contribution in [3.8, 4) is 0 Å². The molecule has 0 saturated heterocycles. The van der Waals surface area contributed by atoms with Crippen molar-refractivity contribution in [1.29, 1.82) is 0 Å². The summed E-state index contributed by atoms with van der Waals surface area (Å²) in [6, 6.07) is 0. The highest BCUT2D eigenvalue weighted by Gasteiger charge is 2.16. The molecule has 0 aliphatic carbocycles. The number of cyclic esters (lactones) is 2. The highest BCUT2D eigenvalue weighted by molar-refractivity contribution is 9.11. The summed E-state index contributed by atoms with van der Waals surface area (Å²) >= 11 is 5.02. The molecule has 0 fully saturated rings. The number of allylic oxidation sites excluding steroid dienone is 2. The molecule has 0 saturated carbocycles. The molecule has 2 rings (SSSR count). The summed E-state index contributed by atoms with van der Waals surface area (Å²) in [5, 5.41) is 3.00. The molecule has 1 aliphatic rings. The van der Waals surface area contributed by atoms with Gasteiger partial charge in [0.1, 0.15) is 12.2 Å². The van der Waals surface area contributed by atoms with E-state index in [-0.39, 0.29) is 24.1 Å². The monoisotopic (exact) mass is 483 g/mol. The third-order valence-corrected chi connectivity index (χ3v) is 5.70. The lowest BCUT2D eigenvalue weighted by Gasteiger charge is -2.14. The van der Waals surface area contributed by atoms with Crippen molar-refractivity contribution >= 4 is 39.2 Å². The second-order valence-electron chi connectivity index (χ2n) is 7.52. The van der Waals surface area contributed by atoms with Gasteiger partial charge in [0.15, 0.2) is 0 Å². The zero-order valence-electron chi connectivity index (χ0n) is 17.4. The Bertz CT molecular complexity index is 752. The summed E-state index contributed by atoms with van der Waals surface area (Å²) in [5.74, 6) is -0.372. The van der Waals surface area contributed by atoms with Gasteiger partial charge in [0.2, 0.25) is 0 Å². The molecule has 7 heteroatoms. The van der Waals surface area contributed by atoms with Crippen molar-refractivity contribution in [3.63, 3.8) is 0 Å². The summed E-state index contributed by atoms with van der Waals surface area (Å²) < 4.78 is 12.1. The lowest BCUT2D eigenvalue weighted by molar-refractivity contribution is -0.148. The molecule has 1 aliphatic heterocycles. The van der Waals surface area contributed by atoms with Crippen LogP contribution in [0.3, 0.4) is 0 Å². The van der Waals surface area contributed by atoms with Crippen molar-refractivity contribution in [1.82, 2.24) is 4.98 Å². The predicted octanol–water partition coefficient (Wildman–Crippen LogP) is 5.67. The molecule has 2 heterocycles. The summed E-state index contributed by atoms with van der Waals surface area (Å²) in [4.78, 5) is 29.0. The topological polar surface area (TPSA) is 65.5 Å². The quantitative estimate of drug-likeness (QED) is 0.380. The van der Waals surface area contributed by atoms with Gasteiger partial charge in [0.05, 0.1) is 10.7 Å². The second kappa shape index (κ2) is 12.3. The van der Waals surface area contributed by atoms with Gasteiger partial charge in [-0.25, -0.2) is 4.98 Å². The number of fused-ring (bicyclic) bond motifs is 2. The summed E-state index contributed by atoms with van der Waals surface area (Å²) in [6.45, 7) is 5.83. The SMILES string of the molecule is CC(Br)=C[C@@H]1Cc2nc(cs2)CCCCC(=O)O[C@@H](C)CC(C)=CCCC(=O)O1. The third kappa shape index (κ3) is 9.72. The van der Waals surface area contributed by atoms with Crippen LogP contribution in [0, 0.1) is 0 Å². The molecule has 29 heavy (non-hydrogen) atoms. The van der Waals surface area contributed by atoms with Gasteiger partial charge in [-0.15, -0.1) is 11.3 Å². The van der Waals surface area contributed by atoms with E-state index in [4.69, 9.17) is 9.47 Å². The van der Waals surface area contributed by atoms with E-state index in [1.54, 1.807) is 11.3 Å². The van der Waals surface area contributed by atoms with Crippen LogP contribution < -0.4 is 0 Å². The van der Waals surface area contributed by atoms with Gasteiger partial charge < -0.3 is 9.47 Å². The Kier molecular flexibility index (Phi) is 10.1. The average Bonchev–Trinajstić information content (AvgIpc) is 3.04. The number of esters is 2. The summed E-state index contributed by atoms with van der Waals surface area (Å²) in [5.41, 5.74) is 2.13. The number of carbonyl (C=O) groups excluding carboxylic acids is 2. The molecule has 2 bridgehead atoms. The average molecular weight is 484 g/mol. The molecular formula is C22H30BrNO4S. The first kappa shape index (κ1) is 23.8. The number of hydrogen-bond acceptors (Lipinski definition) is 6. The van der Waals surface area contributed by atoms with Crippen LogP contribution in [-0.2, 0) is 31.9 Å². The maximum Gasteiger partial charge on any atom is 0.306 e. The van der Waals surface area contributed by atoms with Crippen molar-refractivity contribution in [2.45, 2.75) is 84.3 Å². The van der Waals surface area contributed by atoms with Crippen LogP contribution in [0.25, 0.3) is 0 Å². The van der Waals surface area contributed by atoms with Crippen LogP contribution in [0.1, 0.15) is 70.0 Å². The number of carbonyl (C=O) groups is 2. The Morgan fingerprint density at radius 2 is 1.90 bits per heavy atom. The Hall–Kier alpha value is -1.47. The fraction of sp³-hybridized carbons (Fsp3) is 0.591. The molecule has 160 valence electrons.